The molecule has 0 aromatic heterocycles. The van der Waals surface area contributed by atoms with Gasteiger partial charge < -0.3 is 15.8 Å². The predicted molar refractivity (Wildman–Crippen MR) is 71.0 cm³/mol. The lowest BCUT2D eigenvalue weighted by molar-refractivity contribution is 0.0194. The van der Waals surface area contributed by atoms with Crippen molar-refractivity contribution in [3.63, 3.8) is 0 Å². The molecule has 1 aliphatic heterocycles. The number of hydrogen-bond acceptors (Lipinski definition) is 3. The van der Waals surface area contributed by atoms with Crippen molar-refractivity contribution in [3.8, 4) is 0 Å². The Labute approximate surface area is 105 Å². The Morgan fingerprint density at radius 2 is 2.00 bits per heavy atom. The fourth-order valence-corrected chi connectivity index (χ4v) is 3.36. The first kappa shape index (κ1) is 13.3. The summed E-state index contributed by atoms with van der Waals surface area (Å²) >= 11 is 0. The van der Waals surface area contributed by atoms with Gasteiger partial charge >= 0.3 is 0 Å². The van der Waals surface area contributed by atoms with Gasteiger partial charge in [-0.3, -0.25) is 0 Å². The van der Waals surface area contributed by atoms with Gasteiger partial charge in [0.1, 0.15) is 0 Å². The Morgan fingerprint density at radius 1 is 1.24 bits per heavy atom. The predicted octanol–water partition coefficient (Wildman–Crippen LogP) is 1.91. The third-order valence-electron chi connectivity index (χ3n) is 4.58. The SMILES string of the molecule is CC1(CNCC2CCCCC2CN)CCCO1. The second-order valence-electron chi connectivity index (χ2n) is 6.07. The Balaban J connectivity index is 1.69. The minimum Gasteiger partial charge on any atom is -0.374 e. The number of rotatable bonds is 5. The number of ether oxygens (including phenoxy) is 1. The Kier molecular flexibility index (Phi) is 4.83. The van der Waals surface area contributed by atoms with E-state index in [1.165, 1.54) is 38.5 Å². The van der Waals surface area contributed by atoms with Gasteiger partial charge in [-0.25, -0.2) is 0 Å². The summed E-state index contributed by atoms with van der Waals surface area (Å²) in [5, 5.41) is 3.62. The molecule has 0 spiro atoms. The molecule has 3 nitrogen and oxygen atoms in total. The van der Waals surface area contributed by atoms with E-state index in [1.807, 2.05) is 0 Å². The lowest BCUT2D eigenvalue weighted by Crippen LogP contribution is -2.41. The van der Waals surface area contributed by atoms with Crippen LogP contribution in [0.25, 0.3) is 0 Å². The van der Waals surface area contributed by atoms with Crippen molar-refractivity contribution in [3.05, 3.63) is 0 Å². The molecule has 3 N–H and O–H groups in total. The molecule has 17 heavy (non-hydrogen) atoms. The third kappa shape index (κ3) is 3.67. The Hall–Kier alpha value is -0.120. The molecule has 0 aromatic carbocycles. The summed E-state index contributed by atoms with van der Waals surface area (Å²) in [7, 11) is 0. The minimum absolute atomic E-state index is 0.0902. The highest BCUT2D eigenvalue weighted by atomic mass is 16.5. The average Bonchev–Trinajstić information content (AvgIpc) is 2.77. The monoisotopic (exact) mass is 240 g/mol. The summed E-state index contributed by atoms with van der Waals surface area (Å²) in [5.41, 5.74) is 5.95. The van der Waals surface area contributed by atoms with Crippen molar-refractivity contribution >= 4 is 0 Å². The largest absolute Gasteiger partial charge is 0.374 e. The van der Waals surface area contributed by atoms with Crippen LogP contribution in [0.15, 0.2) is 0 Å². The summed E-state index contributed by atoms with van der Waals surface area (Å²) in [5.74, 6) is 1.53. The van der Waals surface area contributed by atoms with Crippen LogP contribution in [0.4, 0.5) is 0 Å². The van der Waals surface area contributed by atoms with E-state index in [2.05, 4.69) is 12.2 Å². The standard InChI is InChI=1S/C14H28N2O/c1-14(7-4-8-17-14)11-16-10-13-6-3-2-5-12(13)9-15/h12-13,16H,2-11,15H2,1H3. The highest BCUT2D eigenvalue weighted by Crippen LogP contribution is 2.29. The Bertz CT molecular complexity index is 226. The maximum Gasteiger partial charge on any atom is 0.0779 e. The van der Waals surface area contributed by atoms with E-state index < -0.39 is 0 Å². The van der Waals surface area contributed by atoms with Crippen LogP contribution in [0, 0.1) is 11.8 Å². The van der Waals surface area contributed by atoms with Crippen molar-refractivity contribution in [1.29, 1.82) is 0 Å². The summed E-state index contributed by atoms with van der Waals surface area (Å²) in [6.45, 7) is 6.16. The van der Waals surface area contributed by atoms with Gasteiger partial charge in [-0.15, -0.1) is 0 Å². The molecule has 1 aliphatic carbocycles. The third-order valence-corrected chi connectivity index (χ3v) is 4.58. The van der Waals surface area contributed by atoms with Gasteiger partial charge in [0, 0.05) is 13.2 Å². The summed E-state index contributed by atoms with van der Waals surface area (Å²) in [4.78, 5) is 0. The lowest BCUT2D eigenvalue weighted by Gasteiger charge is -2.32. The highest BCUT2D eigenvalue weighted by Gasteiger charge is 2.30. The van der Waals surface area contributed by atoms with Gasteiger partial charge in [0.25, 0.3) is 0 Å². The lowest BCUT2D eigenvalue weighted by atomic mass is 9.79. The average molecular weight is 240 g/mol. The molecule has 2 rings (SSSR count). The molecule has 1 saturated carbocycles. The molecule has 3 atom stereocenters. The maximum absolute atomic E-state index is 5.86. The van der Waals surface area contributed by atoms with Gasteiger partial charge in [0.05, 0.1) is 5.60 Å². The number of nitrogens with two attached hydrogens (primary N) is 1. The molecule has 0 aromatic rings. The highest BCUT2D eigenvalue weighted by molar-refractivity contribution is 4.84. The molecule has 100 valence electrons. The van der Waals surface area contributed by atoms with Crippen LogP contribution in [0.1, 0.15) is 45.4 Å². The van der Waals surface area contributed by atoms with E-state index in [0.29, 0.717) is 0 Å². The van der Waals surface area contributed by atoms with Gasteiger partial charge in [0.2, 0.25) is 0 Å². The molecular weight excluding hydrogens is 212 g/mol. The van der Waals surface area contributed by atoms with E-state index in [-0.39, 0.29) is 5.60 Å². The van der Waals surface area contributed by atoms with Crippen LogP contribution in [-0.2, 0) is 4.74 Å². The van der Waals surface area contributed by atoms with Gasteiger partial charge in [-0.1, -0.05) is 12.8 Å². The van der Waals surface area contributed by atoms with E-state index in [4.69, 9.17) is 10.5 Å². The van der Waals surface area contributed by atoms with E-state index in [1.54, 1.807) is 0 Å². The molecule has 3 heteroatoms. The summed E-state index contributed by atoms with van der Waals surface area (Å²) < 4.78 is 5.80. The van der Waals surface area contributed by atoms with Crippen LogP contribution in [0.3, 0.4) is 0 Å². The fourth-order valence-electron chi connectivity index (χ4n) is 3.36. The molecule has 0 radical (unpaired) electrons. The van der Waals surface area contributed by atoms with Crippen LogP contribution in [0.2, 0.25) is 0 Å². The quantitative estimate of drug-likeness (QED) is 0.771. The van der Waals surface area contributed by atoms with Crippen LogP contribution >= 0.6 is 0 Å². The fraction of sp³-hybridized carbons (Fsp3) is 1.00. The number of nitrogens with one attached hydrogen (secondary N) is 1. The van der Waals surface area contributed by atoms with Gasteiger partial charge in [-0.2, -0.15) is 0 Å². The van der Waals surface area contributed by atoms with Crippen molar-refractivity contribution in [2.45, 2.75) is 51.0 Å². The second kappa shape index (κ2) is 6.17. The van der Waals surface area contributed by atoms with E-state index in [9.17, 15) is 0 Å². The number of hydrogen-bond donors (Lipinski definition) is 2. The first-order valence-electron chi connectivity index (χ1n) is 7.28. The van der Waals surface area contributed by atoms with Crippen LogP contribution in [-0.4, -0.2) is 31.8 Å². The van der Waals surface area contributed by atoms with E-state index in [0.717, 1.165) is 38.1 Å². The van der Waals surface area contributed by atoms with E-state index >= 15 is 0 Å². The molecule has 1 saturated heterocycles. The molecule has 2 aliphatic rings. The smallest absolute Gasteiger partial charge is 0.0779 e. The zero-order valence-electron chi connectivity index (χ0n) is 11.2. The van der Waals surface area contributed by atoms with Crippen molar-refractivity contribution < 1.29 is 4.74 Å². The zero-order chi connectivity index (χ0) is 12.1. The van der Waals surface area contributed by atoms with Crippen molar-refractivity contribution in [1.82, 2.24) is 5.32 Å². The summed E-state index contributed by atoms with van der Waals surface area (Å²) in [6, 6.07) is 0. The first-order chi connectivity index (χ1) is 8.23. The normalized spacial score (nSPS) is 38.5. The van der Waals surface area contributed by atoms with Crippen molar-refractivity contribution in [2.75, 3.05) is 26.2 Å². The minimum atomic E-state index is 0.0902. The van der Waals surface area contributed by atoms with Crippen LogP contribution in [0.5, 0.6) is 0 Å². The molecule has 1 heterocycles. The van der Waals surface area contributed by atoms with Gasteiger partial charge in [-0.05, 0) is 57.5 Å². The molecule has 0 bridgehead atoms. The maximum atomic E-state index is 5.86. The Morgan fingerprint density at radius 3 is 2.65 bits per heavy atom. The second-order valence-corrected chi connectivity index (χ2v) is 6.07. The molecular formula is C14H28N2O. The molecule has 0 amide bonds. The van der Waals surface area contributed by atoms with Crippen molar-refractivity contribution in [2.24, 2.45) is 17.6 Å². The van der Waals surface area contributed by atoms with Crippen LogP contribution < -0.4 is 11.1 Å². The first-order valence-corrected chi connectivity index (χ1v) is 7.28. The zero-order valence-corrected chi connectivity index (χ0v) is 11.2. The molecule has 2 fully saturated rings. The summed E-state index contributed by atoms with van der Waals surface area (Å²) in [6.07, 6.45) is 7.86. The molecule has 3 unspecified atom stereocenters. The topological polar surface area (TPSA) is 47.3 Å². The van der Waals surface area contributed by atoms with Gasteiger partial charge in [0.15, 0.2) is 0 Å².